The monoisotopic (exact) mass is 358 g/mol. The molecular formula is C19H26N4O3. The predicted octanol–water partition coefficient (Wildman–Crippen LogP) is 3.48. The van der Waals surface area contributed by atoms with E-state index in [9.17, 15) is 9.59 Å². The third-order valence-electron chi connectivity index (χ3n) is 3.95. The molecule has 0 radical (unpaired) electrons. The highest BCUT2D eigenvalue weighted by Crippen LogP contribution is 2.26. The number of benzene rings is 1. The number of anilines is 1. The average molecular weight is 358 g/mol. The number of ketones is 1. The van der Waals surface area contributed by atoms with Gasteiger partial charge in [-0.2, -0.15) is 5.10 Å². The highest BCUT2D eigenvalue weighted by Gasteiger charge is 2.13. The summed E-state index contributed by atoms with van der Waals surface area (Å²) in [4.78, 5) is 23.9. The molecule has 7 heteroatoms. The van der Waals surface area contributed by atoms with Gasteiger partial charge < -0.3 is 15.4 Å². The third-order valence-corrected chi connectivity index (χ3v) is 3.95. The molecule has 1 aromatic carbocycles. The fourth-order valence-electron chi connectivity index (χ4n) is 2.71. The summed E-state index contributed by atoms with van der Waals surface area (Å²) in [5.41, 5.74) is 2.97. The van der Waals surface area contributed by atoms with Gasteiger partial charge in [0.1, 0.15) is 5.75 Å². The van der Waals surface area contributed by atoms with Crippen LogP contribution < -0.4 is 15.4 Å². The Labute approximate surface area is 153 Å². The van der Waals surface area contributed by atoms with Crippen LogP contribution in [0.1, 0.15) is 48.6 Å². The quantitative estimate of drug-likeness (QED) is 0.742. The summed E-state index contributed by atoms with van der Waals surface area (Å²) in [7, 11) is 0. The number of hydrogen-bond acceptors (Lipinski definition) is 4. The van der Waals surface area contributed by atoms with Crippen LogP contribution in [0, 0.1) is 13.8 Å². The van der Waals surface area contributed by atoms with Crippen molar-refractivity contribution in [3.05, 3.63) is 41.2 Å². The number of rotatable bonds is 7. The largest absolute Gasteiger partial charge is 0.492 e. The summed E-state index contributed by atoms with van der Waals surface area (Å²) < 4.78 is 7.40. The summed E-state index contributed by atoms with van der Waals surface area (Å²) in [6.07, 6.45) is 0. The van der Waals surface area contributed by atoms with Gasteiger partial charge >= 0.3 is 6.03 Å². The number of carbonyl (C=O) groups is 2. The van der Waals surface area contributed by atoms with Gasteiger partial charge in [-0.05, 0) is 58.9 Å². The maximum absolute atomic E-state index is 12.3. The van der Waals surface area contributed by atoms with Crippen molar-refractivity contribution in [3.8, 4) is 5.75 Å². The van der Waals surface area contributed by atoms with Crippen LogP contribution in [0.3, 0.4) is 0 Å². The lowest BCUT2D eigenvalue weighted by molar-refractivity contribution is 0.101. The van der Waals surface area contributed by atoms with Gasteiger partial charge in [0.15, 0.2) is 5.78 Å². The maximum Gasteiger partial charge on any atom is 0.319 e. The first kappa shape index (κ1) is 19.5. The zero-order chi connectivity index (χ0) is 19.3. The minimum absolute atomic E-state index is 0.0179. The molecule has 1 aromatic heterocycles. The maximum atomic E-state index is 12.3. The van der Waals surface area contributed by atoms with Gasteiger partial charge in [-0.15, -0.1) is 0 Å². The highest BCUT2D eigenvalue weighted by atomic mass is 16.5. The summed E-state index contributed by atoms with van der Waals surface area (Å²) in [5.74, 6) is 0.453. The molecule has 0 saturated heterocycles. The van der Waals surface area contributed by atoms with Gasteiger partial charge in [-0.1, -0.05) is 0 Å². The number of urea groups is 1. The number of nitrogens with one attached hydrogen (secondary N) is 2. The molecule has 0 fully saturated rings. The summed E-state index contributed by atoms with van der Waals surface area (Å²) in [6, 6.07) is 6.65. The highest BCUT2D eigenvalue weighted by molar-refractivity contribution is 5.97. The molecule has 0 saturated carbocycles. The Balaban J connectivity index is 2.03. The van der Waals surface area contributed by atoms with E-state index in [0.717, 1.165) is 11.4 Å². The van der Waals surface area contributed by atoms with Crippen LogP contribution in [-0.4, -0.2) is 34.7 Å². The SMILES string of the molecule is CCOc1ccc(C(C)=O)cc1NC(=O)NC[C@@H](C)n1nc(C)cc1C. The normalized spacial score (nSPS) is 11.7. The van der Waals surface area contributed by atoms with Crippen LogP contribution in [0.4, 0.5) is 10.5 Å². The zero-order valence-electron chi connectivity index (χ0n) is 15.9. The second-order valence-corrected chi connectivity index (χ2v) is 6.26. The minimum Gasteiger partial charge on any atom is -0.492 e. The lowest BCUT2D eigenvalue weighted by Crippen LogP contribution is -2.33. The van der Waals surface area contributed by atoms with Crippen LogP contribution in [0.2, 0.25) is 0 Å². The number of amides is 2. The molecule has 2 amide bonds. The van der Waals surface area contributed by atoms with Gasteiger partial charge in [-0.25, -0.2) is 4.79 Å². The molecule has 26 heavy (non-hydrogen) atoms. The van der Waals surface area contributed by atoms with E-state index in [4.69, 9.17) is 4.74 Å². The molecule has 1 atom stereocenters. The number of Topliss-reactive ketones (excluding diaryl/α,β-unsaturated/α-hetero) is 1. The van der Waals surface area contributed by atoms with Crippen molar-refractivity contribution in [1.29, 1.82) is 0 Å². The van der Waals surface area contributed by atoms with Crippen molar-refractivity contribution in [2.75, 3.05) is 18.5 Å². The Morgan fingerprint density at radius 2 is 2.00 bits per heavy atom. The fourth-order valence-corrected chi connectivity index (χ4v) is 2.71. The molecule has 2 N–H and O–H groups in total. The first-order valence-corrected chi connectivity index (χ1v) is 8.67. The summed E-state index contributed by atoms with van der Waals surface area (Å²) in [5, 5.41) is 10.0. The van der Waals surface area contributed by atoms with Gasteiger partial charge in [-0.3, -0.25) is 9.48 Å². The number of carbonyl (C=O) groups excluding carboxylic acids is 2. The average Bonchev–Trinajstić information content (AvgIpc) is 2.92. The molecule has 7 nitrogen and oxygen atoms in total. The van der Waals surface area contributed by atoms with E-state index >= 15 is 0 Å². The Morgan fingerprint density at radius 3 is 2.58 bits per heavy atom. The second kappa shape index (κ2) is 8.51. The van der Waals surface area contributed by atoms with E-state index in [2.05, 4.69) is 15.7 Å². The number of nitrogens with zero attached hydrogens (tertiary/aromatic N) is 2. The van der Waals surface area contributed by atoms with Crippen LogP contribution in [0.5, 0.6) is 5.75 Å². The molecule has 0 aliphatic rings. The molecule has 0 aliphatic heterocycles. The molecule has 0 bridgehead atoms. The van der Waals surface area contributed by atoms with Gasteiger partial charge in [0.25, 0.3) is 0 Å². The van der Waals surface area contributed by atoms with Crippen molar-refractivity contribution in [2.24, 2.45) is 0 Å². The number of aromatic nitrogens is 2. The lowest BCUT2D eigenvalue weighted by Gasteiger charge is -2.17. The van der Waals surface area contributed by atoms with E-state index in [1.807, 2.05) is 38.4 Å². The fraction of sp³-hybridized carbons (Fsp3) is 0.421. The Kier molecular flexibility index (Phi) is 6.38. The first-order chi connectivity index (χ1) is 12.3. The van der Waals surface area contributed by atoms with E-state index in [1.165, 1.54) is 6.92 Å². The molecular weight excluding hydrogens is 332 g/mol. The Bertz CT molecular complexity index is 798. The Hall–Kier alpha value is -2.83. The van der Waals surface area contributed by atoms with Crippen molar-refractivity contribution in [1.82, 2.24) is 15.1 Å². The van der Waals surface area contributed by atoms with E-state index in [1.54, 1.807) is 18.2 Å². The van der Waals surface area contributed by atoms with Crippen LogP contribution in [0.25, 0.3) is 0 Å². The zero-order valence-corrected chi connectivity index (χ0v) is 15.9. The number of ether oxygens (including phenoxy) is 1. The third kappa shape index (κ3) is 4.84. The second-order valence-electron chi connectivity index (χ2n) is 6.26. The lowest BCUT2D eigenvalue weighted by atomic mass is 10.1. The van der Waals surface area contributed by atoms with Crippen LogP contribution in [-0.2, 0) is 0 Å². The van der Waals surface area contributed by atoms with Gasteiger partial charge in [0.2, 0.25) is 0 Å². The number of hydrogen-bond donors (Lipinski definition) is 2. The molecule has 1 heterocycles. The Morgan fingerprint density at radius 1 is 1.27 bits per heavy atom. The van der Waals surface area contributed by atoms with Crippen molar-refractivity contribution in [3.63, 3.8) is 0 Å². The van der Waals surface area contributed by atoms with E-state index < -0.39 is 0 Å². The topological polar surface area (TPSA) is 85.2 Å². The molecule has 2 rings (SSSR count). The molecule has 0 spiro atoms. The standard InChI is InChI=1S/C19H26N4O3/c1-6-26-18-8-7-16(15(5)24)10-17(18)21-19(25)20-11-14(4)23-13(3)9-12(2)22-23/h7-10,14H,6,11H2,1-5H3,(H2,20,21,25)/t14-/m1/s1. The van der Waals surface area contributed by atoms with Crippen LogP contribution >= 0.6 is 0 Å². The van der Waals surface area contributed by atoms with E-state index in [-0.39, 0.29) is 17.9 Å². The molecule has 0 aliphatic carbocycles. The molecule has 2 aromatic rings. The van der Waals surface area contributed by atoms with Crippen molar-refractivity contribution in [2.45, 2.75) is 40.7 Å². The van der Waals surface area contributed by atoms with Crippen LogP contribution in [0.15, 0.2) is 24.3 Å². The van der Waals surface area contributed by atoms with Gasteiger partial charge in [0.05, 0.1) is 24.0 Å². The van der Waals surface area contributed by atoms with Crippen molar-refractivity contribution >= 4 is 17.5 Å². The molecule has 140 valence electrons. The summed E-state index contributed by atoms with van der Waals surface area (Å²) >= 11 is 0. The smallest absolute Gasteiger partial charge is 0.319 e. The number of aryl methyl sites for hydroxylation is 2. The summed E-state index contributed by atoms with van der Waals surface area (Å²) in [6.45, 7) is 10.1. The van der Waals surface area contributed by atoms with Crippen molar-refractivity contribution < 1.29 is 14.3 Å². The minimum atomic E-state index is -0.361. The van der Waals surface area contributed by atoms with E-state index in [0.29, 0.717) is 30.2 Å². The van der Waals surface area contributed by atoms with Gasteiger partial charge in [0, 0.05) is 17.8 Å². The molecule has 0 unspecified atom stereocenters. The predicted molar refractivity (Wildman–Crippen MR) is 101 cm³/mol. The first-order valence-electron chi connectivity index (χ1n) is 8.67.